The normalized spacial score (nSPS) is 11.1. The van der Waals surface area contributed by atoms with Gasteiger partial charge in [-0.2, -0.15) is 5.11 Å². The molecule has 2 aromatic carbocycles. The first-order chi connectivity index (χ1) is 14.2. The molecule has 8 nitrogen and oxygen atoms in total. The van der Waals surface area contributed by atoms with E-state index in [4.69, 9.17) is 14.2 Å². The Morgan fingerprint density at radius 3 is 2.24 bits per heavy atom. The van der Waals surface area contributed by atoms with Crippen LogP contribution in [-0.4, -0.2) is 35.7 Å². The lowest BCUT2D eigenvalue weighted by Gasteiger charge is -2.08. The van der Waals surface area contributed by atoms with Crippen LogP contribution in [0.2, 0.25) is 0 Å². The van der Waals surface area contributed by atoms with E-state index in [-0.39, 0.29) is 0 Å². The summed E-state index contributed by atoms with van der Waals surface area (Å²) in [6, 6.07) is 12.9. The number of aromatic nitrogens is 3. The third-order valence-corrected chi connectivity index (χ3v) is 4.33. The Balaban J connectivity index is 1.63. The largest absolute Gasteiger partial charge is 0.497 e. The second kappa shape index (κ2) is 7.97. The number of nitrogens with zero attached hydrogens (tertiary/aromatic N) is 5. The third-order valence-electron chi connectivity index (χ3n) is 4.33. The molecule has 0 aliphatic carbocycles. The van der Waals surface area contributed by atoms with Gasteiger partial charge in [0, 0.05) is 24.0 Å². The highest BCUT2D eigenvalue weighted by Gasteiger charge is 2.12. The number of imidazole rings is 1. The lowest BCUT2D eigenvalue weighted by molar-refractivity contribution is 0.395. The topological polar surface area (TPSA) is 82.6 Å². The van der Waals surface area contributed by atoms with E-state index in [2.05, 4.69) is 20.2 Å². The molecule has 4 aromatic rings. The van der Waals surface area contributed by atoms with E-state index in [0.717, 1.165) is 22.7 Å². The fourth-order valence-electron chi connectivity index (χ4n) is 2.83. The Kier molecular flexibility index (Phi) is 5.07. The molecule has 0 bridgehead atoms. The molecule has 0 aliphatic rings. The Morgan fingerprint density at radius 2 is 1.52 bits per heavy atom. The first kappa shape index (κ1) is 18.4. The summed E-state index contributed by atoms with van der Waals surface area (Å²) in [6.07, 6.45) is 5.32. The average molecular weight is 389 g/mol. The van der Waals surface area contributed by atoms with Crippen LogP contribution in [-0.2, 0) is 0 Å². The summed E-state index contributed by atoms with van der Waals surface area (Å²) in [4.78, 5) is 8.94. The molecule has 146 valence electrons. The van der Waals surface area contributed by atoms with Gasteiger partial charge in [0.2, 0.25) is 5.78 Å². The number of ether oxygens (including phenoxy) is 3. The minimum absolute atomic E-state index is 0.557. The second-order valence-electron chi connectivity index (χ2n) is 6.11. The van der Waals surface area contributed by atoms with Crippen molar-refractivity contribution in [1.82, 2.24) is 14.4 Å². The van der Waals surface area contributed by atoms with Gasteiger partial charge in [0.25, 0.3) is 0 Å². The number of azo groups is 1. The maximum absolute atomic E-state index is 5.47. The minimum Gasteiger partial charge on any atom is -0.497 e. The molecule has 2 heterocycles. The fraction of sp³-hybridized carbons (Fsp3) is 0.143. The van der Waals surface area contributed by atoms with Gasteiger partial charge >= 0.3 is 0 Å². The van der Waals surface area contributed by atoms with Crippen LogP contribution in [0.1, 0.15) is 0 Å². The molecule has 0 saturated heterocycles. The summed E-state index contributed by atoms with van der Waals surface area (Å²) >= 11 is 0. The van der Waals surface area contributed by atoms with E-state index in [1.165, 1.54) is 0 Å². The van der Waals surface area contributed by atoms with Crippen LogP contribution in [0, 0.1) is 0 Å². The molecular formula is C21H19N5O3. The Hall–Kier alpha value is -3.94. The molecule has 4 rings (SSSR count). The number of benzene rings is 2. The smallest absolute Gasteiger partial charge is 0.234 e. The number of hydrogen-bond acceptors (Lipinski definition) is 7. The van der Waals surface area contributed by atoms with Crippen LogP contribution in [0.5, 0.6) is 17.2 Å². The summed E-state index contributed by atoms with van der Waals surface area (Å²) in [5, 5.41) is 8.48. The van der Waals surface area contributed by atoms with Crippen molar-refractivity contribution in [2.45, 2.75) is 0 Å². The molecule has 0 radical (unpaired) electrons. The molecule has 0 spiro atoms. The van der Waals surface area contributed by atoms with Crippen LogP contribution in [0.25, 0.3) is 17.0 Å². The molecule has 0 atom stereocenters. The summed E-state index contributed by atoms with van der Waals surface area (Å²) in [7, 11) is 4.85. The predicted molar refractivity (Wildman–Crippen MR) is 109 cm³/mol. The molecular weight excluding hydrogens is 370 g/mol. The lowest BCUT2D eigenvalue weighted by atomic mass is 10.1. The van der Waals surface area contributed by atoms with Gasteiger partial charge in [0.15, 0.2) is 0 Å². The molecule has 0 aliphatic heterocycles. The zero-order valence-electron chi connectivity index (χ0n) is 16.2. The van der Waals surface area contributed by atoms with Gasteiger partial charge in [-0.3, -0.25) is 4.40 Å². The number of hydrogen-bond donors (Lipinski definition) is 0. The van der Waals surface area contributed by atoms with E-state index < -0.39 is 0 Å². The van der Waals surface area contributed by atoms with E-state index in [9.17, 15) is 0 Å². The lowest BCUT2D eigenvalue weighted by Crippen LogP contribution is -1.90. The SMILES string of the molecule is COc1ccc(/N=N/c2cnc3nc(-c4ccc(OC)cc4OC)cn3c2)cc1. The molecule has 0 saturated carbocycles. The molecule has 8 heteroatoms. The van der Waals surface area contributed by atoms with Crippen molar-refractivity contribution in [3.8, 4) is 28.5 Å². The number of methoxy groups -OCH3 is 3. The van der Waals surface area contributed by atoms with Crippen molar-refractivity contribution in [1.29, 1.82) is 0 Å². The van der Waals surface area contributed by atoms with Crippen molar-refractivity contribution >= 4 is 17.2 Å². The Bertz CT molecular complexity index is 1170. The summed E-state index contributed by atoms with van der Waals surface area (Å²) < 4.78 is 17.7. The maximum Gasteiger partial charge on any atom is 0.234 e. The van der Waals surface area contributed by atoms with Crippen molar-refractivity contribution in [2.75, 3.05) is 21.3 Å². The van der Waals surface area contributed by atoms with Crippen molar-refractivity contribution in [2.24, 2.45) is 10.2 Å². The van der Waals surface area contributed by atoms with Gasteiger partial charge in [0.1, 0.15) is 22.9 Å². The molecule has 29 heavy (non-hydrogen) atoms. The first-order valence-electron chi connectivity index (χ1n) is 8.83. The molecule has 0 unspecified atom stereocenters. The summed E-state index contributed by atoms with van der Waals surface area (Å²) in [6.45, 7) is 0. The highest BCUT2D eigenvalue weighted by molar-refractivity contribution is 5.70. The molecule has 0 fully saturated rings. The molecule has 2 aromatic heterocycles. The second-order valence-corrected chi connectivity index (χ2v) is 6.11. The van der Waals surface area contributed by atoms with Gasteiger partial charge in [-0.15, -0.1) is 5.11 Å². The van der Waals surface area contributed by atoms with Crippen molar-refractivity contribution in [3.05, 3.63) is 61.1 Å². The minimum atomic E-state index is 0.557. The van der Waals surface area contributed by atoms with Crippen LogP contribution in [0.3, 0.4) is 0 Å². The maximum atomic E-state index is 5.47. The number of fused-ring (bicyclic) bond motifs is 1. The quantitative estimate of drug-likeness (QED) is 0.441. The van der Waals surface area contributed by atoms with E-state index in [0.29, 0.717) is 23.0 Å². The fourth-order valence-corrected chi connectivity index (χ4v) is 2.83. The van der Waals surface area contributed by atoms with E-state index in [1.54, 1.807) is 31.9 Å². The highest BCUT2D eigenvalue weighted by atomic mass is 16.5. The molecule has 0 amide bonds. The first-order valence-corrected chi connectivity index (χ1v) is 8.83. The highest BCUT2D eigenvalue weighted by Crippen LogP contribution is 2.33. The van der Waals surface area contributed by atoms with Gasteiger partial charge < -0.3 is 14.2 Å². The molecule has 0 N–H and O–H groups in total. The van der Waals surface area contributed by atoms with Crippen LogP contribution < -0.4 is 14.2 Å². The van der Waals surface area contributed by atoms with Gasteiger partial charge in [-0.25, -0.2) is 9.97 Å². The summed E-state index contributed by atoms with van der Waals surface area (Å²) in [5.74, 6) is 2.72. The standard InChI is InChI=1S/C21H19N5O3/c1-27-16-6-4-14(5-7-16)24-25-15-11-22-21-23-19(13-26(21)12-15)18-9-8-17(28-2)10-20(18)29-3/h4-13H,1-3H3/b25-24+. The van der Waals surface area contributed by atoms with Gasteiger partial charge in [0.05, 0.1) is 38.9 Å². The Morgan fingerprint density at radius 1 is 0.793 bits per heavy atom. The van der Waals surface area contributed by atoms with E-state index >= 15 is 0 Å². The van der Waals surface area contributed by atoms with Crippen molar-refractivity contribution in [3.63, 3.8) is 0 Å². The van der Waals surface area contributed by atoms with Gasteiger partial charge in [-0.05, 0) is 36.4 Å². The average Bonchev–Trinajstić information content (AvgIpc) is 3.20. The van der Waals surface area contributed by atoms with E-state index in [1.807, 2.05) is 54.9 Å². The van der Waals surface area contributed by atoms with Gasteiger partial charge in [-0.1, -0.05) is 0 Å². The zero-order chi connectivity index (χ0) is 20.2. The van der Waals surface area contributed by atoms with Crippen LogP contribution in [0.15, 0.2) is 71.3 Å². The number of rotatable bonds is 6. The monoisotopic (exact) mass is 389 g/mol. The van der Waals surface area contributed by atoms with Crippen molar-refractivity contribution < 1.29 is 14.2 Å². The van der Waals surface area contributed by atoms with Crippen LogP contribution in [0.4, 0.5) is 11.4 Å². The Labute approximate surface area is 167 Å². The summed E-state index contributed by atoms with van der Waals surface area (Å²) in [5.41, 5.74) is 2.92. The third kappa shape index (κ3) is 3.86. The zero-order valence-corrected chi connectivity index (χ0v) is 16.2. The predicted octanol–water partition coefficient (Wildman–Crippen LogP) is 4.84. The van der Waals surface area contributed by atoms with Crippen LogP contribution >= 0.6 is 0 Å².